The number of hydrogen-bond donors (Lipinski definition) is 38. The Morgan fingerprint density at radius 3 is 0.734 bits per heavy atom. The lowest BCUT2D eigenvalue weighted by Gasteiger charge is -2.51. The summed E-state index contributed by atoms with van der Waals surface area (Å²) in [6, 6.07) is -3.77. The fourth-order valence-electron chi connectivity index (χ4n) is 17.9. The van der Waals surface area contributed by atoms with Crippen molar-refractivity contribution in [3.63, 3.8) is 0 Å². The first-order chi connectivity index (χ1) is 65.9. The highest BCUT2D eigenvalue weighted by molar-refractivity contribution is 5.73. The van der Waals surface area contributed by atoms with E-state index in [0.717, 1.165) is 13.8 Å². The van der Waals surface area contributed by atoms with Crippen molar-refractivity contribution in [2.75, 3.05) is 79.3 Å². The average molecular weight is 2050 g/mol. The molecule has 63 heteroatoms. The van der Waals surface area contributed by atoms with Gasteiger partial charge in [-0.3, -0.25) is 9.59 Å². The first-order valence-electron chi connectivity index (χ1n) is 44.2. The molecule has 12 fully saturated rings. The minimum absolute atomic E-state index is 0.840. The van der Waals surface area contributed by atoms with Crippen molar-refractivity contribution < 1.29 is 302 Å². The lowest BCUT2D eigenvalue weighted by atomic mass is 9.94. The Balaban J connectivity index is 0.905. The molecule has 0 saturated carbocycles. The fourth-order valence-corrected chi connectivity index (χ4v) is 17.9. The maximum Gasteiger partial charge on any atom is 0.217 e. The molecular weight excluding hydrogens is 1920 g/mol. The van der Waals surface area contributed by atoms with Gasteiger partial charge in [0.15, 0.2) is 75.5 Å². The molecule has 12 saturated heterocycles. The van der Waals surface area contributed by atoms with E-state index in [-0.39, 0.29) is 0 Å². The van der Waals surface area contributed by atoms with Gasteiger partial charge in [0.1, 0.15) is 293 Å². The van der Waals surface area contributed by atoms with E-state index >= 15 is 0 Å². The van der Waals surface area contributed by atoms with Gasteiger partial charge in [0, 0.05) is 13.8 Å². The summed E-state index contributed by atoms with van der Waals surface area (Å²) < 4.78 is 136. The van der Waals surface area contributed by atoms with Crippen molar-refractivity contribution in [2.45, 2.75) is 382 Å². The van der Waals surface area contributed by atoms with Crippen LogP contribution in [0, 0.1) is 0 Å². The Morgan fingerprint density at radius 2 is 0.396 bits per heavy atom. The normalized spacial score (nSPS) is 51.9. The minimum atomic E-state index is -2.75. The summed E-state index contributed by atoms with van der Waals surface area (Å²) in [5.74, 6) is -1.86. The number of ether oxygens (including phenoxy) is 23. The van der Waals surface area contributed by atoms with Crippen molar-refractivity contribution >= 4 is 11.8 Å². The molecule has 0 spiro atoms. The molecule has 0 bridgehead atoms. The summed E-state index contributed by atoms with van der Waals surface area (Å²) in [6.07, 6.45) is -130. The first-order valence-corrected chi connectivity index (χ1v) is 44.2. The number of rotatable bonds is 36. The molecule has 139 heavy (non-hydrogen) atoms. The number of hydrogen-bond acceptors (Lipinski definition) is 61. The topological polar surface area (TPSA) is 999 Å². The number of carbonyl (C=O) groups is 2. The molecule has 60 atom stereocenters. The van der Waals surface area contributed by atoms with Crippen molar-refractivity contribution in [3.8, 4) is 0 Å². The largest absolute Gasteiger partial charge is 0.394 e. The van der Waals surface area contributed by atoms with Crippen LogP contribution in [-0.4, -0.2) is 643 Å². The predicted octanol–water partition coefficient (Wildman–Crippen LogP) is -26.9. The van der Waals surface area contributed by atoms with Gasteiger partial charge < -0.3 is 303 Å². The van der Waals surface area contributed by atoms with Crippen LogP contribution < -0.4 is 10.6 Å². The number of nitrogens with one attached hydrogen (secondary N) is 2. The molecule has 12 heterocycles. The van der Waals surface area contributed by atoms with Crippen molar-refractivity contribution in [2.24, 2.45) is 0 Å². The van der Waals surface area contributed by atoms with Gasteiger partial charge in [-0.1, -0.05) is 0 Å². The minimum Gasteiger partial charge on any atom is -0.394 e. The monoisotopic (exact) mass is 2040 g/mol. The van der Waals surface area contributed by atoms with Crippen LogP contribution in [0.2, 0.25) is 0 Å². The van der Waals surface area contributed by atoms with Gasteiger partial charge in [-0.15, -0.1) is 0 Å². The van der Waals surface area contributed by atoms with Gasteiger partial charge in [-0.25, -0.2) is 0 Å². The number of amides is 2. The van der Waals surface area contributed by atoms with Crippen molar-refractivity contribution in [3.05, 3.63) is 0 Å². The Hall–Kier alpha value is -3.42. The molecule has 808 valence electrons. The lowest BCUT2D eigenvalue weighted by molar-refractivity contribution is -0.411. The molecule has 12 aliphatic heterocycles. The Morgan fingerprint density at radius 1 is 0.187 bits per heavy atom. The Labute approximate surface area is 784 Å². The summed E-state index contributed by atoms with van der Waals surface area (Å²) in [4.78, 5) is 25.5. The molecule has 60 unspecified atom stereocenters. The molecule has 0 aromatic rings. The van der Waals surface area contributed by atoms with Crippen LogP contribution in [0.1, 0.15) is 13.8 Å². The fraction of sp³-hybridized carbons (Fsp3) is 0.974. The van der Waals surface area contributed by atoms with Gasteiger partial charge in [-0.05, 0) is 0 Å². The van der Waals surface area contributed by atoms with E-state index in [0.29, 0.717) is 0 Å². The van der Waals surface area contributed by atoms with E-state index in [1.54, 1.807) is 0 Å². The van der Waals surface area contributed by atoms with Crippen LogP contribution in [0.3, 0.4) is 0 Å². The number of aliphatic hydroxyl groups excluding tert-OH is 36. The summed E-state index contributed by atoms with van der Waals surface area (Å²) in [5, 5.41) is 408. The summed E-state index contributed by atoms with van der Waals surface area (Å²) in [7, 11) is 0. The van der Waals surface area contributed by atoms with Crippen LogP contribution in [0.4, 0.5) is 0 Å². The van der Waals surface area contributed by atoms with Crippen molar-refractivity contribution in [1.82, 2.24) is 10.6 Å². The summed E-state index contributed by atoms with van der Waals surface area (Å²) >= 11 is 0. The van der Waals surface area contributed by atoms with E-state index in [2.05, 4.69) is 10.6 Å². The third kappa shape index (κ3) is 24.5. The lowest BCUT2D eigenvalue weighted by Crippen LogP contribution is -2.70. The van der Waals surface area contributed by atoms with Gasteiger partial charge in [-0.2, -0.15) is 0 Å². The highest BCUT2D eigenvalue weighted by Crippen LogP contribution is 2.43. The van der Waals surface area contributed by atoms with Crippen LogP contribution >= 0.6 is 0 Å². The van der Waals surface area contributed by atoms with Gasteiger partial charge >= 0.3 is 0 Å². The zero-order valence-corrected chi connectivity index (χ0v) is 73.4. The standard InChI is InChI=1S/C76H128N2O61/c1-15(89)77-29-41(101)56(25(11-87)119-65(29)116)131-66-30(78-16(2)90)42(102)57(26(12-88)128-66)132-72-55(115)60(135-75-64(49(109)37(97)22(8-84)126-75)139-76-63(48(108)36(96)23(9-85)127-76)138-71-54(114)58(38(98)24(10-86)123-71)133-68-50(110)43(103)31(91)17(3-79)120-68)40(100)28(130-72)13-117-67-53(113)59(134-74-62(47(107)35(95)21(7-83)125-74)137-70-52(112)45(105)33(93)19(5-81)122-70)39(99)27(129-67)14-118-73-61(46(106)34(94)20(6-82)124-73)136-69-51(111)44(104)32(92)18(4-80)121-69/h17-76,79-88,91-116H,3-14H2,1-2H3,(H,77,89)(H,78,90). The maximum atomic E-state index is 13.2. The molecule has 38 N–H and O–H groups in total. The molecular formula is C76H128N2O61. The second-order valence-corrected chi connectivity index (χ2v) is 35.2. The first kappa shape index (κ1) is 114. The summed E-state index contributed by atoms with van der Waals surface area (Å²) in [5.41, 5.74) is 0. The van der Waals surface area contributed by atoms with Crippen LogP contribution in [-0.2, 0) is 119 Å². The highest BCUT2D eigenvalue weighted by Gasteiger charge is 2.63. The maximum absolute atomic E-state index is 13.2. The molecule has 2 amide bonds. The van der Waals surface area contributed by atoms with Crippen LogP contribution in [0.15, 0.2) is 0 Å². The van der Waals surface area contributed by atoms with Gasteiger partial charge in [0.2, 0.25) is 11.8 Å². The zero-order chi connectivity index (χ0) is 102. The smallest absolute Gasteiger partial charge is 0.217 e. The third-order valence-corrected chi connectivity index (χ3v) is 25.9. The molecule has 12 rings (SSSR count). The quantitative estimate of drug-likeness (QED) is 0.0277. The molecule has 0 radical (unpaired) electrons. The van der Waals surface area contributed by atoms with Crippen molar-refractivity contribution in [1.29, 1.82) is 0 Å². The average Bonchev–Trinajstić information content (AvgIpc) is 0.763. The second-order valence-electron chi connectivity index (χ2n) is 35.2. The molecule has 0 aromatic heterocycles. The van der Waals surface area contributed by atoms with E-state index in [4.69, 9.17) is 109 Å². The Kier molecular flexibility index (Phi) is 41.0. The number of aliphatic hydroxyl groups is 36. The highest BCUT2D eigenvalue weighted by atomic mass is 16.8. The Bertz CT molecular complexity index is 3730. The third-order valence-electron chi connectivity index (χ3n) is 25.9. The number of carbonyl (C=O) groups excluding carboxylic acids is 2. The molecule has 0 aromatic carbocycles. The zero-order valence-electron chi connectivity index (χ0n) is 73.4. The van der Waals surface area contributed by atoms with Gasteiger partial charge in [0.05, 0.1) is 79.3 Å². The second kappa shape index (κ2) is 49.8. The molecule has 12 aliphatic rings. The predicted molar refractivity (Wildman–Crippen MR) is 418 cm³/mol. The summed E-state index contributed by atoms with van der Waals surface area (Å²) in [6.45, 7) is -12.4. The van der Waals surface area contributed by atoms with E-state index in [1.165, 1.54) is 0 Å². The van der Waals surface area contributed by atoms with E-state index in [1.807, 2.05) is 0 Å². The van der Waals surface area contributed by atoms with Crippen LogP contribution in [0.25, 0.3) is 0 Å². The molecule has 0 aliphatic carbocycles. The van der Waals surface area contributed by atoms with Gasteiger partial charge in [0.25, 0.3) is 0 Å². The van der Waals surface area contributed by atoms with E-state index < -0.39 is 459 Å². The molecule has 63 nitrogen and oxygen atoms in total. The SMILES string of the molecule is CC(=O)NC1C(O)OC(CO)C(OC2OC(CO)C(OC3OC(COC4OC(COC5OC(CO)C(O)C(O)C5OC5OC(CO)C(O)C(O)C5O)C(O)C(OC5OC(CO)C(O)C(O)C5OC5OC(CO)C(O)C(O)C5O)C4O)C(O)C(OC4OC(CO)C(O)C(O)C4OC4OC(CO)C(O)C(O)C4OC4OC(CO)C(O)C(OC5OC(CO)C(O)C(O)C5O)C4O)C3O)C(O)C2NC(C)=O)C1O. The van der Waals surface area contributed by atoms with E-state index in [9.17, 15) is 193 Å². The van der Waals surface area contributed by atoms with Crippen LogP contribution in [0.5, 0.6) is 0 Å².